The fourth-order valence-electron chi connectivity index (χ4n) is 4.06. The van der Waals surface area contributed by atoms with E-state index in [9.17, 15) is 0 Å². The average molecular weight is 373 g/mol. The molecule has 3 aromatic carbocycles. The third kappa shape index (κ3) is 4.61. The van der Waals surface area contributed by atoms with Gasteiger partial charge in [-0.1, -0.05) is 72.8 Å². The van der Waals surface area contributed by atoms with Crippen LogP contribution in [0.3, 0.4) is 0 Å². The molecule has 0 unspecified atom stereocenters. The molecule has 3 aromatic rings. The van der Waals surface area contributed by atoms with Gasteiger partial charge in [0.25, 0.3) is 0 Å². The second-order valence-corrected chi connectivity index (χ2v) is 7.52. The Kier molecular flexibility index (Phi) is 6.05. The molecule has 0 radical (unpaired) electrons. The Labute approximate surface area is 167 Å². The molecule has 4 rings (SSSR count). The molecule has 28 heavy (non-hydrogen) atoms. The first-order valence-corrected chi connectivity index (χ1v) is 10.1. The molecule has 1 aliphatic rings. The first kappa shape index (κ1) is 18.7. The summed E-state index contributed by atoms with van der Waals surface area (Å²) in [6, 6.07) is 29.5. The molecule has 1 aliphatic heterocycles. The standard InChI is InChI=1S/C25H28N2O/c26-22-16-14-19(15-17-22)18-27-24-13-7-12-23(28-24)25(20-8-3-1-4-9-20)21-10-5-2-6-11-21/h1-6,8-11,14-17,23-25,27H,7,12-13,18,26H2/t23-,24+/m0/s1. The number of nitrogens with one attached hydrogen (secondary N) is 1. The summed E-state index contributed by atoms with van der Waals surface area (Å²) in [6.07, 6.45) is 3.53. The van der Waals surface area contributed by atoms with E-state index in [0.29, 0.717) is 0 Å². The van der Waals surface area contributed by atoms with Crippen LogP contribution in [0.4, 0.5) is 5.69 Å². The zero-order valence-corrected chi connectivity index (χ0v) is 16.1. The summed E-state index contributed by atoms with van der Waals surface area (Å²) >= 11 is 0. The Morgan fingerprint density at radius 3 is 2.04 bits per heavy atom. The van der Waals surface area contributed by atoms with Crippen molar-refractivity contribution >= 4 is 5.69 Å². The fraction of sp³-hybridized carbons (Fsp3) is 0.280. The van der Waals surface area contributed by atoms with Gasteiger partial charge in [-0.15, -0.1) is 0 Å². The van der Waals surface area contributed by atoms with Crippen LogP contribution >= 0.6 is 0 Å². The van der Waals surface area contributed by atoms with E-state index in [1.165, 1.54) is 23.1 Å². The molecule has 0 aliphatic carbocycles. The van der Waals surface area contributed by atoms with E-state index in [1.54, 1.807) is 0 Å². The van der Waals surface area contributed by atoms with Crippen LogP contribution < -0.4 is 11.1 Å². The predicted octanol–water partition coefficient (Wildman–Crippen LogP) is 5.09. The normalized spacial score (nSPS) is 19.6. The highest BCUT2D eigenvalue weighted by molar-refractivity contribution is 5.39. The van der Waals surface area contributed by atoms with Crippen molar-refractivity contribution in [2.45, 2.75) is 44.1 Å². The molecule has 0 spiro atoms. The Morgan fingerprint density at radius 2 is 1.43 bits per heavy atom. The third-order valence-electron chi connectivity index (χ3n) is 5.50. The SMILES string of the molecule is Nc1ccc(CN[C@H]2CCC[C@@H](C(c3ccccc3)c3ccccc3)O2)cc1. The molecular weight excluding hydrogens is 344 g/mol. The third-order valence-corrected chi connectivity index (χ3v) is 5.50. The quantitative estimate of drug-likeness (QED) is 0.593. The molecule has 1 fully saturated rings. The summed E-state index contributed by atoms with van der Waals surface area (Å²) in [6.45, 7) is 0.791. The Morgan fingerprint density at radius 1 is 0.821 bits per heavy atom. The van der Waals surface area contributed by atoms with Crippen LogP contribution in [0.15, 0.2) is 84.9 Å². The van der Waals surface area contributed by atoms with E-state index < -0.39 is 0 Å². The molecule has 1 heterocycles. The summed E-state index contributed by atoms with van der Waals surface area (Å²) in [4.78, 5) is 0. The maximum Gasteiger partial charge on any atom is 0.108 e. The number of benzene rings is 3. The van der Waals surface area contributed by atoms with E-state index >= 15 is 0 Å². The van der Waals surface area contributed by atoms with Gasteiger partial charge in [0, 0.05) is 18.2 Å². The van der Waals surface area contributed by atoms with E-state index in [4.69, 9.17) is 10.5 Å². The van der Waals surface area contributed by atoms with Crippen molar-refractivity contribution < 1.29 is 4.74 Å². The highest BCUT2D eigenvalue weighted by Crippen LogP contribution is 2.35. The molecule has 1 saturated heterocycles. The van der Waals surface area contributed by atoms with Gasteiger partial charge in [0.05, 0.1) is 6.10 Å². The van der Waals surface area contributed by atoms with Gasteiger partial charge in [0.2, 0.25) is 0 Å². The fourth-order valence-corrected chi connectivity index (χ4v) is 4.06. The molecule has 3 nitrogen and oxygen atoms in total. The minimum atomic E-state index is 0.0752. The highest BCUT2D eigenvalue weighted by Gasteiger charge is 2.31. The molecular formula is C25H28N2O. The molecule has 2 atom stereocenters. The van der Waals surface area contributed by atoms with Crippen molar-refractivity contribution in [3.8, 4) is 0 Å². The molecule has 144 valence electrons. The molecule has 3 N–H and O–H groups in total. The lowest BCUT2D eigenvalue weighted by Gasteiger charge is -2.36. The van der Waals surface area contributed by atoms with Gasteiger partial charge in [-0.2, -0.15) is 0 Å². The van der Waals surface area contributed by atoms with Crippen LogP contribution in [0, 0.1) is 0 Å². The van der Waals surface area contributed by atoms with Gasteiger partial charge >= 0.3 is 0 Å². The number of anilines is 1. The number of nitrogen functional groups attached to an aromatic ring is 1. The van der Waals surface area contributed by atoms with Crippen molar-refractivity contribution in [1.29, 1.82) is 0 Å². The van der Waals surface area contributed by atoms with Gasteiger partial charge < -0.3 is 10.5 Å². The molecule has 3 heteroatoms. The predicted molar refractivity (Wildman–Crippen MR) is 115 cm³/mol. The number of hydrogen-bond donors (Lipinski definition) is 2. The van der Waals surface area contributed by atoms with E-state index in [0.717, 1.165) is 25.1 Å². The summed E-state index contributed by atoms with van der Waals surface area (Å²) in [5.74, 6) is 0.253. The Hall–Kier alpha value is -2.62. The summed E-state index contributed by atoms with van der Waals surface area (Å²) < 4.78 is 6.57. The monoisotopic (exact) mass is 372 g/mol. The molecule has 0 bridgehead atoms. The maximum atomic E-state index is 6.57. The second-order valence-electron chi connectivity index (χ2n) is 7.52. The summed E-state index contributed by atoms with van der Waals surface area (Å²) in [7, 11) is 0. The van der Waals surface area contributed by atoms with Crippen molar-refractivity contribution in [3.05, 3.63) is 102 Å². The van der Waals surface area contributed by atoms with Crippen LogP contribution in [0.2, 0.25) is 0 Å². The Balaban J connectivity index is 1.48. The Bertz CT molecular complexity index is 809. The summed E-state index contributed by atoms with van der Waals surface area (Å²) in [5, 5.41) is 3.58. The average Bonchev–Trinajstić information content (AvgIpc) is 2.75. The smallest absolute Gasteiger partial charge is 0.108 e. The van der Waals surface area contributed by atoms with Gasteiger partial charge in [-0.25, -0.2) is 0 Å². The van der Waals surface area contributed by atoms with Crippen molar-refractivity contribution in [2.75, 3.05) is 5.73 Å². The number of rotatable bonds is 6. The van der Waals surface area contributed by atoms with E-state index in [-0.39, 0.29) is 18.2 Å². The lowest BCUT2D eigenvalue weighted by molar-refractivity contribution is -0.0731. The maximum absolute atomic E-state index is 6.57. The van der Waals surface area contributed by atoms with Crippen molar-refractivity contribution in [2.24, 2.45) is 0 Å². The molecule has 0 amide bonds. The zero-order chi connectivity index (χ0) is 19.2. The second kappa shape index (κ2) is 9.05. The lowest BCUT2D eigenvalue weighted by atomic mass is 9.83. The minimum absolute atomic E-state index is 0.0752. The van der Waals surface area contributed by atoms with Gasteiger partial charge in [0.15, 0.2) is 0 Å². The zero-order valence-electron chi connectivity index (χ0n) is 16.1. The first-order chi connectivity index (χ1) is 13.8. The van der Waals surface area contributed by atoms with Crippen LogP contribution in [0.25, 0.3) is 0 Å². The topological polar surface area (TPSA) is 47.3 Å². The highest BCUT2D eigenvalue weighted by atomic mass is 16.5. The molecule has 0 saturated carbocycles. The van der Waals surface area contributed by atoms with Crippen LogP contribution in [-0.4, -0.2) is 12.3 Å². The number of nitrogens with two attached hydrogens (primary N) is 1. The van der Waals surface area contributed by atoms with Crippen molar-refractivity contribution in [3.63, 3.8) is 0 Å². The van der Waals surface area contributed by atoms with Crippen molar-refractivity contribution in [1.82, 2.24) is 5.32 Å². The first-order valence-electron chi connectivity index (χ1n) is 10.1. The number of hydrogen-bond acceptors (Lipinski definition) is 3. The van der Waals surface area contributed by atoms with Crippen LogP contribution in [-0.2, 0) is 11.3 Å². The van der Waals surface area contributed by atoms with Gasteiger partial charge in [-0.05, 0) is 48.1 Å². The van der Waals surface area contributed by atoms with Gasteiger partial charge in [0.1, 0.15) is 6.23 Å². The summed E-state index contributed by atoms with van der Waals surface area (Å²) in [5.41, 5.74) is 10.4. The largest absolute Gasteiger partial charge is 0.399 e. The minimum Gasteiger partial charge on any atom is -0.399 e. The lowest BCUT2D eigenvalue weighted by Crippen LogP contribution is -2.40. The van der Waals surface area contributed by atoms with Crippen LogP contribution in [0.5, 0.6) is 0 Å². The number of ether oxygens (including phenoxy) is 1. The van der Waals surface area contributed by atoms with E-state index in [1.807, 2.05) is 12.1 Å². The van der Waals surface area contributed by atoms with E-state index in [2.05, 4.69) is 78.1 Å². The van der Waals surface area contributed by atoms with Gasteiger partial charge in [-0.3, -0.25) is 5.32 Å². The van der Waals surface area contributed by atoms with Crippen LogP contribution in [0.1, 0.15) is 41.9 Å². The molecule has 0 aromatic heterocycles.